The summed E-state index contributed by atoms with van der Waals surface area (Å²) >= 11 is 0. The number of benzene rings is 2. The van der Waals surface area contributed by atoms with Gasteiger partial charge in [-0.3, -0.25) is 0 Å². The second-order valence-corrected chi connectivity index (χ2v) is 5.87. The van der Waals surface area contributed by atoms with Crippen LogP contribution in [-0.4, -0.2) is 27.6 Å². The Kier molecular flexibility index (Phi) is 4.54. The standard InChI is InChI=1S/C19H18N2O4/c20-19(17(22)23,18(24)25-12-13-6-2-1-3-7-13)10-14-11-21-16-9-5-4-8-15(14)16/h1-9,11,21H,10,12,20H2,(H,22,23). The number of esters is 1. The second-order valence-electron chi connectivity index (χ2n) is 5.87. The molecule has 6 nitrogen and oxygen atoms in total. The molecule has 0 aliphatic carbocycles. The lowest BCUT2D eigenvalue weighted by atomic mass is 9.91. The van der Waals surface area contributed by atoms with Crippen LogP contribution in [0, 0.1) is 0 Å². The van der Waals surface area contributed by atoms with Crippen LogP contribution in [0.4, 0.5) is 0 Å². The van der Waals surface area contributed by atoms with Gasteiger partial charge < -0.3 is 20.6 Å². The highest BCUT2D eigenvalue weighted by molar-refractivity contribution is 6.04. The van der Waals surface area contributed by atoms with Gasteiger partial charge in [-0.2, -0.15) is 0 Å². The molecule has 0 spiro atoms. The molecular formula is C19H18N2O4. The molecule has 25 heavy (non-hydrogen) atoms. The minimum atomic E-state index is -2.15. The molecule has 0 saturated heterocycles. The van der Waals surface area contributed by atoms with E-state index in [4.69, 9.17) is 10.5 Å². The van der Waals surface area contributed by atoms with Crippen LogP contribution in [0.2, 0.25) is 0 Å². The highest BCUT2D eigenvalue weighted by Crippen LogP contribution is 2.23. The van der Waals surface area contributed by atoms with Crippen molar-refractivity contribution in [2.75, 3.05) is 0 Å². The van der Waals surface area contributed by atoms with Gasteiger partial charge in [0.15, 0.2) is 0 Å². The number of fused-ring (bicyclic) bond motifs is 1. The number of carboxylic acids is 1. The molecule has 128 valence electrons. The number of hydrogen-bond donors (Lipinski definition) is 3. The van der Waals surface area contributed by atoms with E-state index in [1.165, 1.54) is 0 Å². The van der Waals surface area contributed by atoms with Crippen molar-refractivity contribution in [2.45, 2.75) is 18.6 Å². The predicted molar refractivity (Wildman–Crippen MR) is 92.8 cm³/mol. The number of aliphatic carboxylic acids is 1. The van der Waals surface area contributed by atoms with E-state index in [2.05, 4.69) is 4.98 Å². The fourth-order valence-electron chi connectivity index (χ4n) is 2.67. The summed E-state index contributed by atoms with van der Waals surface area (Å²) in [5.74, 6) is -2.38. The van der Waals surface area contributed by atoms with Crippen LogP contribution in [0.3, 0.4) is 0 Å². The average Bonchev–Trinajstić information content (AvgIpc) is 3.03. The molecule has 0 radical (unpaired) electrons. The van der Waals surface area contributed by atoms with Crippen molar-refractivity contribution >= 4 is 22.8 Å². The number of carboxylic acid groups (broad SMARTS) is 1. The molecule has 4 N–H and O–H groups in total. The number of carbonyl (C=O) groups is 2. The van der Waals surface area contributed by atoms with Crippen LogP contribution >= 0.6 is 0 Å². The monoisotopic (exact) mass is 338 g/mol. The van der Waals surface area contributed by atoms with E-state index in [1.54, 1.807) is 18.3 Å². The maximum atomic E-state index is 12.4. The SMILES string of the molecule is NC(Cc1c[nH]c2ccccc12)(C(=O)O)C(=O)OCc1ccccc1. The first kappa shape index (κ1) is 16.7. The average molecular weight is 338 g/mol. The molecule has 3 rings (SSSR count). The summed E-state index contributed by atoms with van der Waals surface area (Å²) in [4.78, 5) is 27.1. The molecule has 3 aromatic rings. The third kappa shape index (κ3) is 3.39. The molecule has 1 aromatic heterocycles. The molecule has 0 bridgehead atoms. The summed E-state index contributed by atoms with van der Waals surface area (Å²) in [5, 5.41) is 10.4. The van der Waals surface area contributed by atoms with Crippen molar-refractivity contribution in [1.82, 2.24) is 4.98 Å². The Labute approximate surface area is 144 Å². The van der Waals surface area contributed by atoms with Crippen molar-refractivity contribution in [3.63, 3.8) is 0 Å². The van der Waals surface area contributed by atoms with E-state index in [-0.39, 0.29) is 13.0 Å². The quantitative estimate of drug-likeness (QED) is 0.472. The molecule has 0 saturated carbocycles. The highest BCUT2D eigenvalue weighted by atomic mass is 16.5. The zero-order valence-corrected chi connectivity index (χ0v) is 13.4. The zero-order valence-electron chi connectivity index (χ0n) is 13.4. The van der Waals surface area contributed by atoms with Gasteiger partial charge in [-0.25, -0.2) is 9.59 Å². The largest absolute Gasteiger partial charge is 0.479 e. The third-order valence-electron chi connectivity index (χ3n) is 4.10. The summed E-state index contributed by atoms with van der Waals surface area (Å²) in [6.07, 6.45) is 1.50. The minimum Gasteiger partial charge on any atom is -0.479 e. The summed E-state index contributed by atoms with van der Waals surface area (Å²) in [7, 11) is 0. The number of para-hydroxylation sites is 1. The van der Waals surface area contributed by atoms with E-state index in [9.17, 15) is 14.7 Å². The predicted octanol–water partition coefficient (Wildman–Crippen LogP) is 2.24. The number of ether oxygens (including phenoxy) is 1. The van der Waals surface area contributed by atoms with Crippen LogP contribution in [0.1, 0.15) is 11.1 Å². The molecule has 0 aliphatic rings. The number of H-pyrrole nitrogens is 1. The lowest BCUT2D eigenvalue weighted by molar-refractivity contribution is -0.161. The van der Waals surface area contributed by atoms with Gasteiger partial charge in [0.05, 0.1) is 0 Å². The number of nitrogens with two attached hydrogens (primary N) is 1. The van der Waals surface area contributed by atoms with Crippen LogP contribution in [0.5, 0.6) is 0 Å². The Balaban J connectivity index is 1.80. The second kappa shape index (κ2) is 6.78. The Morgan fingerprint density at radius 1 is 1.08 bits per heavy atom. The Hall–Kier alpha value is -3.12. The lowest BCUT2D eigenvalue weighted by Gasteiger charge is -2.22. The molecule has 6 heteroatoms. The fraction of sp³-hybridized carbons (Fsp3) is 0.158. The number of rotatable bonds is 6. The minimum absolute atomic E-state index is 0.0280. The molecule has 0 aliphatic heterocycles. The number of nitrogens with one attached hydrogen (secondary N) is 1. The third-order valence-corrected chi connectivity index (χ3v) is 4.10. The van der Waals surface area contributed by atoms with Gasteiger partial charge in [-0.15, -0.1) is 0 Å². The summed E-state index contributed by atoms with van der Waals surface area (Å²) in [6.45, 7) is -0.0280. The molecule has 2 aromatic carbocycles. The summed E-state index contributed by atoms with van der Waals surface area (Å²) in [6, 6.07) is 16.4. The van der Waals surface area contributed by atoms with Crippen molar-refractivity contribution in [3.05, 3.63) is 71.9 Å². The first-order valence-corrected chi connectivity index (χ1v) is 7.79. The van der Waals surface area contributed by atoms with Crippen LogP contribution in [-0.2, 0) is 27.4 Å². The van der Waals surface area contributed by atoms with Crippen LogP contribution < -0.4 is 5.73 Å². The van der Waals surface area contributed by atoms with Crippen molar-refractivity contribution in [3.8, 4) is 0 Å². The zero-order chi connectivity index (χ0) is 17.9. The van der Waals surface area contributed by atoms with Gasteiger partial charge in [0, 0.05) is 23.5 Å². The van der Waals surface area contributed by atoms with Crippen LogP contribution in [0.15, 0.2) is 60.8 Å². The lowest BCUT2D eigenvalue weighted by Crippen LogP contribution is -2.57. The molecular weight excluding hydrogens is 320 g/mol. The van der Waals surface area contributed by atoms with Crippen molar-refractivity contribution in [2.24, 2.45) is 5.73 Å². The van der Waals surface area contributed by atoms with Gasteiger partial charge >= 0.3 is 11.9 Å². The van der Waals surface area contributed by atoms with Crippen LogP contribution in [0.25, 0.3) is 10.9 Å². The van der Waals surface area contributed by atoms with Crippen molar-refractivity contribution < 1.29 is 19.4 Å². The van der Waals surface area contributed by atoms with Gasteiger partial charge in [-0.05, 0) is 17.2 Å². The molecule has 1 unspecified atom stereocenters. The maximum Gasteiger partial charge on any atom is 0.338 e. The topological polar surface area (TPSA) is 105 Å². The van der Waals surface area contributed by atoms with E-state index in [0.717, 1.165) is 16.5 Å². The van der Waals surface area contributed by atoms with Gasteiger partial charge in [0.2, 0.25) is 5.54 Å². The molecule has 1 atom stereocenters. The first-order valence-electron chi connectivity index (χ1n) is 7.79. The van der Waals surface area contributed by atoms with E-state index < -0.39 is 17.5 Å². The number of carbonyl (C=O) groups excluding carboxylic acids is 1. The molecule has 0 fully saturated rings. The van der Waals surface area contributed by atoms with Gasteiger partial charge in [-0.1, -0.05) is 48.5 Å². The molecule has 0 amide bonds. The van der Waals surface area contributed by atoms with E-state index in [0.29, 0.717) is 5.56 Å². The van der Waals surface area contributed by atoms with Crippen molar-refractivity contribution in [1.29, 1.82) is 0 Å². The smallest absolute Gasteiger partial charge is 0.338 e. The fourth-order valence-corrected chi connectivity index (χ4v) is 2.67. The van der Waals surface area contributed by atoms with Gasteiger partial charge in [0.25, 0.3) is 0 Å². The first-order chi connectivity index (χ1) is 12.0. The Bertz CT molecular complexity index is 904. The Morgan fingerprint density at radius 2 is 1.76 bits per heavy atom. The maximum absolute atomic E-state index is 12.4. The number of aromatic nitrogens is 1. The number of aromatic amines is 1. The van der Waals surface area contributed by atoms with E-state index in [1.807, 2.05) is 42.5 Å². The molecule has 1 heterocycles. The summed E-state index contributed by atoms with van der Waals surface area (Å²) < 4.78 is 5.16. The summed E-state index contributed by atoms with van der Waals surface area (Å²) in [5.41, 5.74) is 6.05. The van der Waals surface area contributed by atoms with Gasteiger partial charge in [0.1, 0.15) is 6.61 Å². The highest BCUT2D eigenvalue weighted by Gasteiger charge is 2.44. The van der Waals surface area contributed by atoms with E-state index >= 15 is 0 Å². The number of hydrogen-bond acceptors (Lipinski definition) is 4. The Morgan fingerprint density at radius 3 is 2.48 bits per heavy atom. The normalized spacial score (nSPS) is 13.3.